The van der Waals surface area contributed by atoms with Crippen LogP contribution in [0.15, 0.2) is 21.3 Å². The number of anilines is 1. The highest BCUT2D eigenvalue weighted by Gasteiger charge is 2.12. The second kappa shape index (κ2) is 5.57. The van der Waals surface area contributed by atoms with E-state index < -0.39 is 0 Å². The molecule has 0 bridgehead atoms. The van der Waals surface area contributed by atoms with E-state index in [4.69, 9.17) is 23.2 Å². The Balaban J connectivity index is 2.24. The molecule has 94 valence electrons. The van der Waals surface area contributed by atoms with Crippen LogP contribution in [0.25, 0.3) is 0 Å². The van der Waals surface area contributed by atoms with Gasteiger partial charge >= 0.3 is 0 Å². The molecule has 0 saturated carbocycles. The van der Waals surface area contributed by atoms with Crippen LogP contribution < -0.4 is 5.32 Å². The molecule has 0 aromatic carbocycles. The van der Waals surface area contributed by atoms with E-state index in [0.29, 0.717) is 27.1 Å². The Morgan fingerprint density at radius 1 is 1.39 bits per heavy atom. The van der Waals surface area contributed by atoms with Gasteiger partial charge in [-0.05, 0) is 35.0 Å². The molecule has 0 saturated heterocycles. The number of nitrogens with zero attached hydrogens (tertiary/aromatic N) is 1. The molecule has 0 aliphatic heterocycles. The van der Waals surface area contributed by atoms with Gasteiger partial charge in [0.05, 0.1) is 25.1 Å². The number of hydrogen-bond donors (Lipinski definition) is 1. The van der Waals surface area contributed by atoms with Crippen LogP contribution >= 0.6 is 50.5 Å². The van der Waals surface area contributed by atoms with Crippen molar-refractivity contribution in [3.05, 3.63) is 42.6 Å². The van der Waals surface area contributed by atoms with E-state index in [2.05, 4.69) is 26.2 Å². The van der Waals surface area contributed by atoms with Crippen molar-refractivity contribution in [3.8, 4) is 0 Å². The van der Waals surface area contributed by atoms with Crippen LogP contribution in [-0.4, -0.2) is 10.9 Å². The number of carbonyl (C=O) groups excluding carboxylic acids is 1. The zero-order valence-electron chi connectivity index (χ0n) is 9.13. The summed E-state index contributed by atoms with van der Waals surface area (Å²) in [6.45, 7) is 1.75. The minimum atomic E-state index is -0.256. The largest absolute Gasteiger partial charge is 0.305 e. The molecule has 0 atom stereocenters. The van der Waals surface area contributed by atoms with Gasteiger partial charge in [-0.15, -0.1) is 11.3 Å². The Hall–Kier alpha value is -0.620. The molecule has 2 heterocycles. The Kier molecular flexibility index (Phi) is 4.27. The maximum absolute atomic E-state index is 11.9. The summed E-state index contributed by atoms with van der Waals surface area (Å²) in [5, 5.41) is 5.18. The number of aryl methyl sites for hydroxylation is 1. The van der Waals surface area contributed by atoms with E-state index in [1.54, 1.807) is 24.4 Å². The lowest BCUT2D eigenvalue weighted by Crippen LogP contribution is -2.12. The first-order valence-electron chi connectivity index (χ1n) is 4.85. The molecule has 1 amide bonds. The molecule has 2 aromatic heterocycles. The SMILES string of the molecule is Cc1nc(NC(=O)c2csc(Br)c2)c(Cl)cc1Cl. The first-order valence-corrected chi connectivity index (χ1v) is 7.28. The van der Waals surface area contributed by atoms with E-state index >= 15 is 0 Å². The van der Waals surface area contributed by atoms with Crippen molar-refractivity contribution in [2.24, 2.45) is 0 Å². The predicted molar refractivity (Wildman–Crippen MR) is 79.0 cm³/mol. The highest BCUT2D eigenvalue weighted by Crippen LogP contribution is 2.27. The Morgan fingerprint density at radius 2 is 2.11 bits per heavy atom. The molecular formula is C11H7BrCl2N2OS. The Labute approximate surface area is 126 Å². The number of rotatable bonds is 2. The average Bonchev–Trinajstić information content (AvgIpc) is 2.73. The fourth-order valence-electron chi connectivity index (χ4n) is 1.26. The number of amides is 1. The van der Waals surface area contributed by atoms with Crippen molar-refractivity contribution in [2.75, 3.05) is 5.32 Å². The second-order valence-electron chi connectivity index (χ2n) is 3.48. The smallest absolute Gasteiger partial charge is 0.257 e. The molecule has 7 heteroatoms. The Morgan fingerprint density at radius 3 is 2.72 bits per heavy atom. The van der Waals surface area contributed by atoms with Crippen LogP contribution in [0.1, 0.15) is 16.1 Å². The second-order valence-corrected chi connectivity index (χ2v) is 6.58. The van der Waals surface area contributed by atoms with Gasteiger partial charge in [-0.25, -0.2) is 4.98 Å². The van der Waals surface area contributed by atoms with Gasteiger partial charge in [-0.2, -0.15) is 0 Å². The van der Waals surface area contributed by atoms with Crippen molar-refractivity contribution in [3.63, 3.8) is 0 Å². The maximum Gasteiger partial charge on any atom is 0.257 e. The predicted octanol–water partition coefficient (Wildman–Crippen LogP) is 4.77. The van der Waals surface area contributed by atoms with Gasteiger partial charge in [0.1, 0.15) is 0 Å². The van der Waals surface area contributed by atoms with Crippen molar-refractivity contribution in [1.82, 2.24) is 4.98 Å². The Bertz CT molecular complexity index is 615. The summed E-state index contributed by atoms with van der Waals surface area (Å²) in [6, 6.07) is 3.29. The molecule has 2 rings (SSSR count). The number of carbonyl (C=O) groups is 1. The van der Waals surface area contributed by atoms with Gasteiger partial charge in [0.2, 0.25) is 0 Å². The molecule has 3 nitrogen and oxygen atoms in total. The van der Waals surface area contributed by atoms with E-state index in [-0.39, 0.29) is 5.91 Å². The van der Waals surface area contributed by atoms with Crippen molar-refractivity contribution < 1.29 is 4.79 Å². The number of nitrogens with one attached hydrogen (secondary N) is 1. The summed E-state index contributed by atoms with van der Waals surface area (Å²) in [7, 11) is 0. The van der Waals surface area contributed by atoms with E-state index in [1.807, 2.05) is 0 Å². The lowest BCUT2D eigenvalue weighted by Gasteiger charge is -2.07. The monoisotopic (exact) mass is 364 g/mol. The number of thiophene rings is 1. The van der Waals surface area contributed by atoms with Crippen LogP contribution in [0.3, 0.4) is 0 Å². The summed E-state index contributed by atoms with van der Waals surface area (Å²) >= 11 is 16.6. The van der Waals surface area contributed by atoms with Gasteiger partial charge in [0, 0.05) is 5.38 Å². The minimum absolute atomic E-state index is 0.256. The molecule has 0 unspecified atom stereocenters. The first-order chi connectivity index (χ1) is 8.47. The molecule has 0 aliphatic carbocycles. The third kappa shape index (κ3) is 3.03. The molecule has 18 heavy (non-hydrogen) atoms. The van der Waals surface area contributed by atoms with Gasteiger partial charge in [0.15, 0.2) is 5.82 Å². The number of halogens is 3. The van der Waals surface area contributed by atoms with Crippen LogP contribution in [-0.2, 0) is 0 Å². The minimum Gasteiger partial charge on any atom is -0.305 e. The zero-order valence-corrected chi connectivity index (χ0v) is 13.0. The summed E-state index contributed by atoms with van der Waals surface area (Å²) in [4.78, 5) is 16.1. The third-order valence-electron chi connectivity index (χ3n) is 2.17. The summed E-state index contributed by atoms with van der Waals surface area (Å²) in [5.41, 5.74) is 1.17. The number of pyridine rings is 1. The van der Waals surface area contributed by atoms with Crippen LogP contribution in [0.4, 0.5) is 5.82 Å². The molecule has 0 spiro atoms. The van der Waals surface area contributed by atoms with Crippen LogP contribution in [0, 0.1) is 6.92 Å². The molecule has 2 aromatic rings. The molecule has 0 radical (unpaired) electrons. The summed E-state index contributed by atoms with van der Waals surface area (Å²) in [5.74, 6) is 0.0546. The van der Waals surface area contributed by atoms with E-state index in [1.165, 1.54) is 11.3 Å². The zero-order chi connectivity index (χ0) is 13.3. The van der Waals surface area contributed by atoms with Crippen LogP contribution in [0.5, 0.6) is 0 Å². The van der Waals surface area contributed by atoms with Gasteiger partial charge in [-0.1, -0.05) is 23.2 Å². The summed E-state index contributed by atoms with van der Waals surface area (Å²) < 4.78 is 0.888. The van der Waals surface area contributed by atoms with Crippen LogP contribution in [0.2, 0.25) is 10.0 Å². The highest BCUT2D eigenvalue weighted by atomic mass is 79.9. The summed E-state index contributed by atoms with van der Waals surface area (Å²) in [6.07, 6.45) is 0. The van der Waals surface area contributed by atoms with Gasteiger partial charge in [-0.3, -0.25) is 4.79 Å². The normalized spacial score (nSPS) is 10.4. The average molecular weight is 366 g/mol. The fourth-order valence-corrected chi connectivity index (χ4v) is 2.80. The topological polar surface area (TPSA) is 42.0 Å². The molecular weight excluding hydrogens is 359 g/mol. The third-order valence-corrected chi connectivity index (χ3v) is 4.34. The number of hydrogen-bond acceptors (Lipinski definition) is 3. The van der Waals surface area contributed by atoms with Crippen molar-refractivity contribution in [1.29, 1.82) is 0 Å². The standard InChI is InChI=1S/C11H7BrCl2N2OS/c1-5-7(13)3-8(14)10(15-5)16-11(17)6-2-9(12)18-4-6/h2-4H,1H3,(H,15,16,17). The van der Waals surface area contributed by atoms with Gasteiger partial charge in [0.25, 0.3) is 5.91 Å². The first kappa shape index (κ1) is 13.8. The number of aromatic nitrogens is 1. The maximum atomic E-state index is 11.9. The van der Waals surface area contributed by atoms with Crippen molar-refractivity contribution in [2.45, 2.75) is 6.92 Å². The lowest BCUT2D eigenvalue weighted by molar-refractivity contribution is 0.102. The van der Waals surface area contributed by atoms with Crippen molar-refractivity contribution >= 4 is 62.2 Å². The quantitative estimate of drug-likeness (QED) is 0.832. The van der Waals surface area contributed by atoms with E-state index in [9.17, 15) is 4.79 Å². The molecule has 0 fully saturated rings. The molecule has 0 aliphatic rings. The van der Waals surface area contributed by atoms with E-state index in [0.717, 1.165) is 3.79 Å². The van der Waals surface area contributed by atoms with Gasteiger partial charge < -0.3 is 5.32 Å². The fraction of sp³-hybridized carbons (Fsp3) is 0.0909. The molecule has 1 N–H and O–H groups in total. The lowest BCUT2D eigenvalue weighted by atomic mass is 10.3. The highest BCUT2D eigenvalue weighted by molar-refractivity contribution is 9.11.